The van der Waals surface area contributed by atoms with Gasteiger partial charge < -0.3 is 15.4 Å². The number of methoxy groups -OCH3 is 1. The summed E-state index contributed by atoms with van der Waals surface area (Å²) in [4.78, 5) is 9.42. The molecule has 6 nitrogen and oxygen atoms in total. The Morgan fingerprint density at radius 1 is 1.21 bits per heavy atom. The van der Waals surface area contributed by atoms with Gasteiger partial charge in [-0.25, -0.2) is 4.98 Å². The molecule has 10 heteroatoms. The fraction of sp³-hybridized carbons (Fsp3) is 0.444. The lowest BCUT2D eigenvalue weighted by Crippen LogP contribution is -2.48. The monoisotopic (exact) mass is 415 g/mol. The average Bonchev–Trinajstić information content (AvgIpc) is 2.66. The standard InChI is InChI=1S/C18H20F3N5O.ClH/c1-27-16-9-15(24-17(25-16)18(19,20)21)23-12-2-3-13-11(8-12)4-6-26-7-5-22-10-14(13)26;/h2-3,8-9,14,22H,4-7,10H2,1H3,(H,23,24,25);1H/t14-;/m0./s1. The maximum atomic E-state index is 13.0. The number of nitrogens with one attached hydrogen (secondary N) is 2. The Morgan fingerprint density at radius 3 is 2.79 bits per heavy atom. The summed E-state index contributed by atoms with van der Waals surface area (Å²) in [5, 5.41) is 6.37. The van der Waals surface area contributed by atoms with Crippen molar-refractivity contribution >= 4 is 23.9 Å². The first kappa shape index (κ1) is 20.6. The minimum absolute atomic E-state index is 0. The van der Waals surface area contributed by atoms with Gasteiger partial charge in [-0.1, -0.05) is 6.07 Å². The van der Waals surface area contributed by atoms with Gasteiger partial charge in [0.2, 0.25) is 11.7 Å². The van der Waals surface area contributed by atoms with Crippen molar-refractivity contribution in [3.8, 4) is 5.88 Å². The molecule has 1 fully saturated rings. The molecular weight excluding hydrogens is 395 g/mol. The van der Waals surface area contributed by atoms with E-state index in [1.165, 1.54) is 24.3 Å². The highest BCUT2D eigenvalue weighted by atomic mass is 35.5. The number of benzene rings is 1. The number of hydrogen-bond donors (Lipinski definition) is 2. The largest absolute Gasteiger partial charge is 0.481 e. The number of aromatic nitrogens is 2. The van der Waals surface area contributed by atoms with Crippen LogP contribution >= 0.6 is 12.4 Å². The molecule has 152 valence electrons. The van der Waals surface area contributed by atoms with E-state index in [9.17, 15) is 13.2 Å². The Bertz CT molecular complexity index is 848. The lowest BCUT2D eigenvalue weighted by atomic mass is 9.91. The van der Waals surface area contributed by atoms with Crippen molar-refractivity contribution in [2.24, 2.45) is 0 Å². The molecule has 0 unspecified atom stereocenters. The van der Waals surface area contributed by atoms with Crippen LogP contribution in [0.3, 0.4) is 0 Å². The number of rotatable bonds is 3. The molecule has 0 radical (unpaired) electrons. The molecule has 2 N–H and O–H groups in total. The van der Waals surface area contributed by atoms with Gasteiger partial charge in [-0.05, 0) is 29.7 Å². The van der Waals surface area contributed by atoms with E-state index in [0.29, 0.717) is 11.7 Å². The molecular formula is C18H21ClF3N5O. The van der Waals surface area contributed by atoms with E-state index in [-0.39, 0.29) is 24.1 Å². The summed E-state index contributed by atoms with van der Waals surface area (Å²) in [6, 6.07) is 7.61. The second kappa shape index (κ2) is 8.10. The van der Waals surface area contributed by atoms with Gasteiger partial charge in [-0.15, -0.1) is 12.4 Å². The SMILES string of the molecule is COc1cc(Nc2ccc3c(c2)CCN2CCNC[C@@H]32)nc(C(F)(F)F)n1.Cl. The van der Waals surface area contributed by atoms with E-state index in [1.807, 2.05) is 18.2 Å². The number of nitrogens with zero attached hydrogens (tertiary/aromatic N) is 3. The molecule has 3 heterocycles. The maximum Gasteiger partial charge on any atom is 0.451 e. The fourth-order valence-electron chi connectivity index (χ4n) is 3.68. The van der Waals surface area contributed by atoms with Gasteiger partial charge in [0.1, 0.15) is 5.82 Å². The molecule has 2 aliphatic rings. The van der Waals surface area contributed by atoms with E-state index in [4.69, 9.17) is 4.74 Å². The number of hydrogen-bond acceptors (Lipinski definition) is 6. The van der Waals surface area contributed by atoms with Crippen LogP contribution in [0.25, 0.3) is 0 Å². The average molecular weight is 416 g/mol. The minimum Gasteiger partial charge on any atom is -0.481 e. The van der Waals surface area contributed by atoms with Gasteiger partial charge in [-0.2, -0.15) is 18.2 Å². The quantitative estimate of drug-likeness (QED) is 0.803. The van der Waals surface area contributed by atoms with Crippen molar-refractivity contribution in [3.63, 3.8) is 0 Å². The summed E-state index contributed by atoms with van der Waals surface area (Å²) in [7, 11) is 1.27. The summed E-state index contributed by atoms with van der Waals surface area (Å²) in [6.45, 7) is 3.94. The van der Waals surface area contributed by atoms with E-state index in [0.717, 1.165) is 32.6 Å². The summed E-state index contributed by atoms with van der Waals surface area (Å²) < 4.78 is 43.8. The van der Waals surface area contributed by atoms with Crippen LogP contribution in [0.5, 0.6) is 5.88 Å². The third-order valence-electron chi connectivity index (χ3n) is 4.96. The zero-order chi connectivity index (χ0) is 19.0. The van der Waals surface area contributed by atoms with E-state index in [1.54, 1.807) is 0 Å². The Balaban J connectivity index is 0.00000225. The number of anilines is 2. The van der Waals surface area contributed by atoms with Crippen LogP contribution < -0.4 is 15.4 Å². The smallest absolute Gasteiger partial charge is 0.451 e. The van der Waals surface area contributed by atoms with Crippen LogP contribution in [0.15, 0.2) is 24.3 Å². The summed E-state index contributed by atoms with van der Waals surface area (Å²) >= 11 is 0. The van der Waals surface area contributed by atoms with Crippen LogP contribution in [-0.2, 0) is 12.6 Å². The molecule has 2 aromatic rings. The van der Waals surface area contributed by atoms with Crippen LogP contribution in [0.1, 0.15) is 23.0 Å². The number of alkyl halides is 3. The number of halogens is 4. The van der Waals surface area contributed by atoms with Gasteiger partial charge >= 0.3 is 6.18 Å². The predicted molar refractivity (Wildman–Crippen MR) is 101 cm³/mol. The Morgan fingerprint density at radius 2 is 2.04 bits per heavy atom. The first-order chi connectivity index (χ1) is 12.9. The fourth-order valence-corrected chi connectivity index (χ4v) is 3.68. The molecule has 0 amide bonds. The van der Waals surface area contributed by atoms with E-state index < -0.39 is 12.0 Å². The zero-order valence-corrected chi connectivity index (χ0v) is 16.0. The molecule has 2 aliphatic heterocycles. The second-order valence-corrected chi connectivity index (χ2v) is 6.66. The van der Waals surface area contributed by atoms with Gasteiger partial charge in [-0.3, -0.25) is 4.90 Å². The molecule has 0 aliphatic carbocycles. The highest BCUT2D eigenvalue weighted by molar-refractivity contribution is 5.85. The van der Waals surface area contributed by atoms with Gasteiger partial charge in [0.25, 0.3) is 0 Å². The van der Waals surface area contributed by atoms with E-state index in [2.05, 4.69) is 25.5 Å². The molecule has 1 aromatic heterocycles. The number of ether oxygens (including phenoxy) is 1. The van der Waals surface area contributed by atoms with Crippen molar-refractivity contribution in [1.29, 1.82) is 0 Å². The summed E-state index contributed by atoms with van der Waals surface area (Å²) in [5.74, 6) is -1.32. The normalized spacial score (nSPS) is 19.2. The van der Waals surface area contributed by atoms with Gasteiger partial charge in [0.15, 0.2) is 0 Å². The van der Waals surface area contributed by atoms with Crippen LogP contribution in [-0.4, -0.2) is 48.2 Å². The number of fused-ring (bicyclic) bond motifs is 3. The van der Waals surface area contributed by atoms with Crippen LogP contribution in [0.2, 0.25) is 0 Å². The first-order valence-corrected chi connectivity index (χ1v) is 8.79. The van der Waals surface area contributed by atoms with Crippen LogP contribution in [0, 0.1) is 0 Å². The summed E-state index contributed by atoms with van der Waals surface area (Å²) in [6.07, 6.45) is -3.72. The second-order valence-electron chi connectivity index (χ2n) is 6.66. The van der Waals surface area contributed by atoms with Crippen molar-refractivity contribution in [1.82, 2.24) is 20.2 Å². The Kier molecular flexibility index (Phi) is 5.97. The molecule has 4 rings (SSSR count). The Hall–Kier alpha value is -2.10. The lowest BCUT2D eigenvalue weighted by Gasteiger charge is -2.41. The van der Waals surface area contributed by atoms with E-state index >= 15 is 0 Å². The Labute approximate surface area is 166 Å². The van der Waals surface area contributed by atoms with Gasteiger partial charge in [0, 0.05) is 44.0 Å². The molecule has 1 atom stereocenters. The maximum absolute atomic E-state index is 13.0. The molecule has 0 bridgehead atoms. The molecule has 0 spiro atoms. The topological polar surface area (TPSA) is 62.3 Å². The lowest BCUT2D eigenvalue weighted by molar-refractivity contribution is -0.145. The predicted octanol–water partition coefficient (Wildman–Crippen LogP) is 3.17. The van der Waals surface area contributed by atoms with Gasteiger partial charge in [0.05, 0.1) is 7.11 Å². The molecule has 0 saturated carbocycles. The highest BCUT2D eigenvalue weighted by Crippen LogP contribution is 2.33. The van der Waals surface area contributed by atoms with Crippen molar-refractivity contribution in [3.05, 3.63) is 41.2 Å². The van der Waals surface area contributed by atoms with Crippen molar-refractivity contribution < 1.29 is 17.9 Å². The molecule has 1 aromatic carbocycles. The third-order valence-corrected chi connectivity index (χ3v) is 4.96. The molecule has 28 heavy (non-hydrogen) atoms. The third kappa shape index (κ3) is 4.16. The summed E-state index contributed by atoms with van der Waals surface area (Å²) in [5.41, 5.74) is 3.18. The molecule has 1 saturated heterocycles. The first-order valence-electron chi connectivity index (χ1n) is 8.79. The van der Waals surface area contributed by atoms with Crippen molar-refractivity contribution in [2.75, 3.05) is 38.6 Å². The highest BCUT2D eigenvalue weighted by Gasteiger charge is 2.36. The van der Waals surface area contributed by atoms with Crippen molar-refractivity contribution in [2.45, 2.75) is 18.6 Å². The zero-order valence-electron chi connectivity index (χ0n) is 15.2. The minimum atomic E-state index is -4.64. The number of piperazine rings is 1. The van der Waals surface area contributed by atoms with Crippen LogP contribution in [0.4, 0.5) is 24.7 Å².